The van der Waals surface area contributed by atoms with Gasteiger partial charge in [-0.1, -0.05) is 60.7 Å². The summed E-state index contributed by atoms with van der Waals surface area (Å²) in [4.78, 5) is 29.8. The number of carbonyl (C=O) groups is 2. The fraction of sp³-hybridized carbons (Fsp3) is 0.263. The SMILES string of the molecule is O=CN(OCc1ccccc1)C(CCP(=O)(OCl)OCl)C(=O)OCc1ccccc1. The molecule has 0 aromatic heterocycles. The number of carbonyl (C=O) groups excluding carboxylic acids is 2. The second-order valence-electron chi connectivity index (χ2n) is 6.09. The van der Waals surface area contributed by atoms with E-state index in [1.54, 1.807) is 48.5 Å². The predicted molar refractivity (Wildman–Crippen MR) is 110 cm³/mol. The van der Waals surface area contributed by atoms with Crippen LogP contribution in [0.3, 0.4) is 0 Å². The van der Waals surface area contributed by atoms with Gasteiger partial charge < -0.3 is 4.74 Å². The average molecular weight is 476 g/mol. The molecule has 0 N–H and O–H groups in total. The number of rotatable bonds is 13. The van der Waals surface area contributed by atoms with Crippen molar-refractivity contribution in [3.8, 4) is 0 Å². The van der Waals surface area contributed by atoms with E-state index in [0.29, 0.717) is 6.41 Å². The van der Waals surface area contributed by atoms with Crippen LogP contribution in [0.5, 0.6) is 0 Å². The van der Waals surface area contributed by atoms with Crippen LogP contribution in [0.2, 0.25) is 0 Å². The van der Waals surface area contributed by atoms with Gasteiger partial charge >= 0.3 is 13.6 Å². The summed E-state index contributed by atoms with van der Waals surface area (Å²) in [6.45, 7) is 0.00888. The summed E-state index contributed by atoms with van der Waals surface area (Å²) in [6.07, 6.45) is -0.215. The van der Waals surface area contributed by atoms with E-state index in [4.69, 9.17) is 33.3 Å². The van der Waals surface area contributed by atoms with Crippen molar-refractivity contribution >= 4 is 43.7 Å². The Balaban J connectivity index is 2.09. The summed E-state index contributed by atoms with van der Waals surface area (Å²) in [5.41, 5.74) is 1.53. The fourth-order valence-corrected chi connectivity index (χ4v) is 3.84. The number of hydroxylamine groups is 2. The van der Waals surface area contributed by atoms with Crippen molar-refractivity contribution in [2.45, 2.75) is 25.7 Å². The molecule has 0 aliphatic carbocycles. The topological polar surface area (TPSA) is 91.4 Å². The summed E-state index contributed by atoms with van der Waals surface area (Å²) in [6, 6.07) is 16.8. The highest BCUT2D eigenvalue weighted by Crippen LogP contribution is 2.51. The lowest BCUT2D eigenvalue weighted by molar-refractivity contribution is -0.203. The van der Waals surface area contributed by atoms with E-state index in [1.807, 2.05) is 12.1 Å². The molecule has 2 rings (SSSR count). The smallest absolute Gasteiger partial charge is 0.363 e. The molecule has 8 nitrogen and oxygen atoms in total. The summed E-state index contributed by atoms with van der Waals surface area (Å²) < 4.78 is 26.0. The Labute approximate surface area is 184 Å². The molecule has 162 valence electrons. The average Bonchev–Trinajstić information content (AvgIpc) is 2.80. The maximum Gasteiger partial charge on any atom is 0.363 e. The molecule has 0 fully saturated rings. The lowest BCUT2D eigenvalue weighted by atomic mass is 10.2. The standard InChI is InChI=1S/C19H20Cl2NO7P/c20-28-30(25,29-21)12-11-18(19(24)26-13-16-7-3-1-4-8-16)22(15-23)27-14-17-9-5-2-6-10-17/h1-10,15,18H,11-14H2. The number of ether oxygens (including phenoxy) is 1. The summed E-state index contributed by atoms with van der Waals surface area (Å²) in [5.74, 6) is -0.769. The van der Waals surface area contributed by atoms with Gasteiger partial charge in [-0.05, 0) is 17.5 Å². The van der Waals surface area contributed by atoms with Gasteiger partial charge in [0.2, 0.25) is 6.41 Å². The molecule has 0 saturated heterocycles. The van der Waals surface area contributed by atoms with Crippen molar-refractivity contribution in [3.05, 3.63) is 71.8 Å². The molecular formula is C19H20Cl2NO7P. The molecular weight excluding hydrogens is 456 g/mol. The van der Waals surface area contributed by atoms with Crippen LogP contribution in [0.4, 0.5) is 0 Å². The molecule has 1 amide bonds. The molecule has 11 heteroatoms. The van der Waals surface area contributed by atoms with Crippen LogP contribution in [0.1, 0.15) is 17.5 Å². The van der Waals surface area contributed by atoms with Crippen molar-refractivity contribution in [2.24, 2.45) is 0 Å². The quantitative estimate of drug-likeness (QED) is 0.180. The number of benzene rings is 2. The summed E-state index contributed by atoms with van der Waals surface area (Å²) >= 11 is 10.3. The predicted octanol–water partition coefficient (Wildman–Crippen LogP) is 4.61. The molecule has 0 radical (unpaired) electrons. The highest BCUT2D eigenvalue weighted by molar-refractivity contribution is 7.55. The Morgan fingerprint density at radius 2 is 1.50 bits per heavy atom. The van der Waals surface area contributed by atoms with Crippen molar-refractivity contribution in [3.63, 3.8) is 0 Å². The van der Waals surface area contributed by atoms with Crippen LogP contribution < -0.4 is 0 Å². The number of amides is 1. The molecule has 2 aromatic carbocycles. The zero-order chi connectivity index (χ0) is 21.8. The molecule has 0 saturated carbocycles. The molecule has 0 bridgehead atoms. The Hall–Kier alpha value is -1.93. The Kier molecular flexibility index (Phi) is 10.3. The molecule has 0 heterocycles. The zero-order valence-electron chi connectivity index (χ0n) is 15.8. The van der Waals surface area contributed by atoms with Crippen LogP contribution in [-0.4, -0.2) is 29.6 Å². The maximum atomic E-state index is 12.7. The van der Waals surface area contributed by atoms with Crippen molar-refractivity contribution < 1.29 is 31.9 Å². The lowest BCUT2D eigenvalue weighted by Crippen LogP contribution is -2.42. The molecule has 0 aliphatic rings. The fourth-order valence-electron chi connectivity index (χ4n) is 2.45. The van der Waals surface area contributed by atoms with Gasteiger partial charge in [0.1, 0.15) is 13.2 Å². The highest BCUT2D eigenvalue weighted by atomic mass is 35.5. The third-order valence-electron chi connectivity index (χ3n) is 4.02. The molecule has 1 atom stereocenters. The van der Waals surface area contributed by atoms with Gasteiger partial charge in [-0.2, -0.15) is 8.15 Å². The van der Waals surface area contributed by atoms with Gasteiger partial charge in [0, 0.05) is 0 Å². The van der Waals surface area contributed by atoms with E-state index in [2.05, 4.69) is 8.15 Å². The first kappa shape index (κ1) is 24.3. The normalized spacial score (nSPS) is 12.2. The van der Waals surface area contributed by atoms with Crippen LogP contribution >= 0.6 is 31.3 Å². The first-order chi connectivity index (χ1) is 14.5. The van der Waals surface area contributed by atoms with E-state index in [-0.39, 0.29) is 25.8 Å². The Morgan fingerprint density at radius 1 is 0.967 bits per heavy atom. The van der Waals surface area contributed by atoms with Gasteiger partial charge in [0.05, 0.1) is 29.9 Å². The third kappa shape index (κ3) is 7.72. The lowest BCUT2D eigenvalue weighted by Gasteiger charge is -2.26. The van der Waals surface area contributed by atoms with E-state index in [1.165, 1.54) is 0 Å². The van der Waals surface area contributed by atoms with E-state index >= 15 is 0 Å². The Bertz CT molecular complexity index is 833. The third-order valence-corrected chi connectivity index (χ3v) is 6.50. The number of esters is 1. The number of hydrogen-bond acceptors (Lipinski definition) is 7. The molecule has 2 aromatic rings. The molecule has 0 aliphatic heterocycles. The number of nitrogens with zero attached hydrogens (tertiary/aromatic N) is 1. The first-order valence-corrected chi connectivity index (χ1v) is 11.2. The number of halogens is 2. The van der Waals surface area contributed by atoms with Crippen LogP contribution in [-0.2, 0) is 45.1 Å². The molecule has 0 spiro atoms. The highest BCUT2D eigenvalue weighted by Gasteiger charge is 2.33. The van der Waals surface area contributed by atoms with Gasteiger partial charge in [-0.3, -0.25) is 14.2 Å². The minimum atomic E-state index is -3.85. The van der Waals surface area contributed by atoms with Gasteiger partial charge in [0.15, 0.2) is 6.04 Å². The van der Waals surface area contributed by atoms with E-state index in [9.17, 15) is 14.2 Å². The van der Waals surface area contributed by atoms with Crippen molar-refractivity contribution in [1.82, 2.24) is 5.06 Å². The van der Waals surface area contributed by atoms with Gasteiger partial charge in [-0.25, -0.2) is 9.86 Å². The van der Waals surface area contributed by atoms with Crippen molar-refractivity contribution in [2.75, 3.05) is 6.16 Å². The second-order valence-corrected chi connectivity index (χ2v) is 8.87. The number of hydrogen-bond donors (Lipinski definition) is 0. The monoisotopic (exact) mass is 475 g/mol. The van der Waals surface area contributed by atoms with Crippen LogP contribution in [0.25, 0.3) is 0 Å². The molecule has 30 heavy (non-hydrogen) atoms. The Morgan fingerprint density at radius 3 is 2.00 bits per heavy atom. The second kappa shape index (κ2) is 12.7. The zero-order valence-corrected chi connectivity index (χ0v) is 18.2. The minimum Gasteiger partial charge on any atom is -0.459 e. The maximum absolute atomic E-state index is 12.7. The summed E-state index contributed by atoms with van der Waals surface area (Å²) in [5, 5.41) is 0.799. The largest absolute Gasteiger partial charge is 0.459 e. The van der Waals surface area contributed by atoms with Crippen molar-refractivity contribution in [1.29, 1.82) is 0 Å². The molecule has 1 unspecified atom stereocenters. The van der Waals surface area contributed by atoms with Gasteiger partial charge in [-0.15, -0.1) is 0 Å². The van der Waals surface area contributed by atoms with Gasteiger partial charge in [0.25, 0.3) is 0 Å². The first-order valence-electron chi connectivity index (χ1n) is 8.82. The van der Waals surface area contributed by atoms with Crippen LogP contribution in [0.15, 0.2) is 60.7 Å². The minimum absolute atomic E-state index is 0.0166. The summed E-state index contributed by atoms with van der Waals surface area (Å²) in [7, 11) is -3.85. The van der Waals surface area contributed by atoms with E-state index < -0.39 is 19.6 Å². The van der Waals surface area contributed by atoms with Crippen LogP contribution in [0, 0.1) is 0 Å². The van der Waals surface area contributed by atoms with E-state index in [0.717, 1.165) is 16.2 Å².